The van der Waals surface area contributed by atoms with Crippen molar-refractivity contribution in [2.24, 2.45) is 0 Å². The zero-order valence-corrected chi connectivity index (χ0v) is 15.0. The van der Waals surface area contributed by atoms with Crippen LogP contribution in [0.15, 0.2) is 54.6 Å². The lowest BCUT2D eigenvalue weighted by molar-refractivity contribution is -0.125. The number of hydrogen-bond acceptors (Lipinski definition) is 3. The van der Waals surface area contributed by atoms with Crippen molar-refractivity contribution >= 4 is 17.8 Å². The zero-order chi connectivity index (χ0) is 18.4. The van der Waals surface area contributed by atoms with E-state index in [1.54, 1.807) is 39.3 Å². The van der Waals surface area contributed by atoms with Gasteiger partial charge in [0.2, 0.25) is 5.91 Å². The van der Waals surface area contributed by atoms with Gasteiger partial charge in [-0.15, -0.1) is 0 Å². The molecule has 0 saturated carbocycles. The van der Waals surface area contributed by atoms with Crippen LogP contribution in [-0.4, -0.2) is 36.8 Å². The summed E-state index contributed by atoms with van der Waals surface area (Å²) in [5.41, 5.74) is 2.56. The molecule has 0 aromatic heterocycles. The minimum atomic E-state index is -0.537. The molecular weight excluding hydrogens is 314 g/mol. The Balaban J connectivity index is 2.06. The molecule has 1 atom stereocenters. The summed E-state index contributed by atoms with van der Waals surface area (Å²) in [6.45, 7) is 3.70. The van der Waals surface area contributed by atoms with Crippen LogP contribution in [-0.2, 0) is 4.79 Å². The fourth-order valence-corrected chi connectivity index (χ4v) is 2.36. The third-order valence-corrected chi connectivity index (χ3v) is 4.16. The van der Waals surface area contributed by atoms with Crippen molar-refractivity contribution < 1.29 is 14.3 Å². The number of aryl methyl sites for hydroxylation is 1. The Labute approximate surface area is 148 Å². The van der Waals surface area contributed by atoms with Crippen molar-refractivity contribution in [3.63, 3.8) is 0 Å². The maximum absolute atomic E-state index is 12.5. The molecule has 2 rings (SSSR count). The molecule has 1 unspecified atom stereocenters. The van der Waals surface area contributed by atoms with Gasteiger partial charge in [0.05, 0.1) is 13.2 Å². The number of hydrogen-bond donors (Lipinski definition) is 0. The van der Waals surface area contributed by atoms with Crippen molar-refractivity contribution in [3.05, 3.63) is 71.3 Å². The van der Waals surface area contributed by atoms with Crippen molar-refractivity contribution in [1.29, 1.82) is 0 Å². The van der Waals surface area contributed by atoms with Gasteiger partial charge in [0.1, 0.15) is 5.75 Å². The summed E-state index contributed by atoms with van der Waals surface area (Å²) in [6.07, 6.45) is 3.18. The first kappa shape index (κ1) is 18.5. The molecule has 0 aliphatic carbocycles. The predicted molar refractivity (Wildman–Crippen MR) is 99.8 cm³/mol. The number of methoxy groups -OCH3 is 1. The monoisotopic (exact) mass is 337 g/mol. The number of likely N-dealkylation sites (N-methyl/N-ethyl adjacent to an activating group) is 1. The minimum absolute atomic E-state index is 0.0781. The van der Waals surface area contributed by atoms with Gasteiger partial charge >= 0.3 is 0 Å². The standard InChI is InChI=1S/C21H23NO3/c1-15-8-11-18(12-9-15)21(24)16(2)22(3)20(23)13-10-17-6-5-7-19(14-17)25-4/h5-14,16H,1-4H3/b13-10+. The Morgan fingerprint density at radius 2 is 1.80 bits per heavy atom. The second kappa shape index (κ2) is 8.29. The predicted octanol–water partition coefficient (Wildman–Crippen LogP) is 3.75. The number of carbonyl (C=O) groups is 2. The second-order valence-corrected chi connectivity index (χ2v) is 5.97. The van der Waals surface area contributed by atoms with Gasteiger partial charge in [-0.1, -0.05) is 42.0 Å². The molecule has 0 aliphatic rings. The first-order chi connectivity index (χ1) is 11.9. The van der Waals surface area contributed by atoms with E-state index >= 15 is 0 Å². The molecule has 2 aromatic carbocycles. The van der Waals surface area contributed by atoms with Gasteiger partial charge in [-0.05, 0) is 37.6 Å². The average Bonchev–Trinajstić information content (AvgIpc) is 2.65. The lowest BCUT2D eigenvalue weighted by atomic mass is 10.0. The zero-order valence-electron chi connectivity index (χ0n) is 15.0. The maximum Gasteiger partial charge on any atom is 0.246 e. The van der Waals surface area contributed by atoms with Crippen molar-refractivity contribution in [3.8, 4) is 5.75 Å². The lowest BCUT2D eigenvalue weighted by Gasteiger charge is -2.22. The summed E-state index contributed by atoms with van der Waals surface area (Å²) in [4.78, 5) is 26.3. The van der Waals surface area contributed by atoms with E-state index in [0.717, 1.165) is 16.9 Å². The quantitative estimate of drug-likeness (QED) is 0.596. The van der Waals surface area contributed by atoms with E-state index in [2.05, 4.69) is 0 Å². The number of Topliss-reactive ketones (excluding diaryl/α,β-unsaturated/α-hetero) is 1. The first-order valence-electron chi connectivity index (χ1n) is 8.12. The first-order valence-corrected chi connectivity index (χ1v) is 8.12. The van der Waals surface area contributed by atoms with Gasteiger partial charge < -0.3 is 9.64 Å². The number of benzene rings is 2. The Morgan fingerprint density at radius 1 is 1.12 bits per heavy atom. The summed E-state index contributed by atoms with van der Waals surface area (Å²) in [7, 11) is 3.23. The molecular formula is C21H23NO3. The Kier molecular flexibility index (Phi) is 6.12. The number of amides is 1. The molecule has 0 saturated heterocycles. The topological polar surface area (TPSA) is 46.6 Å². The normalized spacial score (nSPS) is 12.0. The molecule has 0 aliphatic heterocycles. The summed E-state index contributed by atoms with van der Waals surface area (Å²) in [6, 6.07) is 14.2. The van der Waals surface area contributed by atoms with Gasteiger partial charge in [-0.25, -0.2) is 0 Å². The van der Waals surface area contributed by atoms with E-state index in [9.17, 15) is 9.59 Å². The fraction of sp³-hybridized carbons (Fsp3) is 0.238. The molecule has 0 fully saturated rings. The van der Waals surface area contributed by atoms with Crippen LogP contribution in [0.5, 0.6) is 5.75 Å². The highest BCUT2D eigenvalue weighted by Gasteiger charge is 2.22. The minimum Gasteiger partial charge on any atom is -0.497 e. The van der Waals surface area contributed by atoms with E-state index < -0.39 is 6.04 Å². The maximum atomic E-state index is 12.5. The van der Waals surface area contributed by atoms with Gasteiger partial charge in [0.15, 0.2) is 5.78 Å². The van der Waals surface area contributed by atoms with E-state index in [1.165, 1.54) is 11.0 Å². The van der Waals surface area contributed by atoms with Gasteiger partial charge in [-0.3, -0.25) is 9.59 Å². The highest BCUT2D eigenvalue weighted by Crippen LogP contribution is 2.14. The van der Waals surface area contributed by atoms with Crippen LogP contribution >= 0.6 is 0 Å². The van der Waals surface area contributed by atoms with Crippen LogP contribution in [0.25, 0.3) is 6.08 Å². The average molecular weight is 337 g/mol. The van der Waals surface area contributed by atoms with Crippen molar-refractivity contribution in [2.45, 2.75) is 19.9 Å². The molecule has 25 heavy (non-hydrogen) atoms. The molecule has 4 heteroatoms. The van der Waals surface area contributed by atoms with Crippen LogP contribution in [0.4, 0.5) is 0 Å². The summed E-state index contributed by atoms with van der Waals surface area (Å²) in [5.74, 6) is 0.423. The Bertz CT molecular complexity index is 778. The fourth-order valence-electron chi connectivity index (χ4n) is 2.36. The third-order valence-electron chi connectivity index (χ3n) is 4.16. The molecule has 0 N–H and O–H groups in total. The smallest absolute Gasteiger partial charge is 0.246 e. The number of ketones is 1. The summed E-state index contributed by atoms with van der Waals surface area (Å²) in [5, 5.41) is 0. The molecule has 0 bridgehead atoms. The number of ether oxygens (including phenoxy) is 1. The molecule has 0 spiro atoms. The summed E-state index contributed by atoms with van der Waals surface area (Å²) >= 11 is 0. The van der Waals surface area contributed by atoms with Crippen molar-refractivity contribution in [1.82, 2.24) is 4.90 Å². The van der Waals surface area contributed by atoms with Gasteiger partial charge in [-0.2, -0.15) is 0 Å². The molecule has 4 nitrogen and oxygen atoms in total. The highest BCUT2D eigenvalue weighted by atomic mass is 16.5. The van der Waals surface area contributed by atoms with Crippen LogP contribution in [0.3, 0.4) is 0 Å². The number of nitrogens with zero attached hydrogens (tertiary/aromatic N) is 1. The van der Waals surface area contributed by atoms with E-state index in [4.69, 9.17) is 4.74 Å². The molecule has 1 amide bonds. The van der Waals surface area contributed by atoms with Crippen LogP contribution < -0.4 is 4.74 Å². The van der Waals surface area contributed by atoms with Crippen LogP contribution in [0, 0.1) is 6.92 Å². The van der Waals surface area contributed by atoms with Crippen molar-refractivity contribution in [2.75, 3.05) is 14.2 Å². The highest BCUT2D eigenvalue weighted by molar-refractivity contribution is 6.03. The number of carbonyl (C=O) groups excluding carboxylic acids is 2. The molecule has 0 radical (unpaired) electrons. The Hall–Kier alpha value is -2.88. The number of rotatable bonds is 6. The molecule has 2 aromatic rings. The van der Waals surface area contributed by atoms with Gasteiger partial charge in [0.25, 0.3) is 0 Å². The second-order valence-electron chi connectivity index (χ2n) is 5.97. The van der Waals surface area contributed by atoms with E-state index in [-0.39, 0.29) is 11.7 Å². The lowest BCUT2D eigenvalue weighted by Crippen LogP contribution is -2.39. The summed E-state index contributed by atoms with van der Waals surface area (Å²) < 4.78 is 5.16. The van der Waals surface area contributed by atoms with Gasteiger partial charge in [0, 0.05) is 18.7 Å². The molecule has 130 valence electrons. The van der Waals surface area contributed by atoms with Crippen LogP contribution in [0.2, 0.25) is 0 Å². The van der Waals surface area contributed by atoms with E-state index in [0.29, 0.717) is 5.56 Å². The molecule has 0 heterocycles. The SMILES string of the molecule is COc1cccc(/C=C/C(=O)N(C)C(C)C(=O)c2ccc(C)cc2)c1. The van der Waals surface area contributed by atoms with Crippen LogP contribution in [0.1, 0.15) is 28.4 Å². The largest absolute Gasteiger partial charge is 0.497 e. The Morgan fingerprint density at radius 3 is 2.44 bits per heavy atom. The third kappa shape index (κ3) is 4.80. The van der Waals surface area contributed by atoms with E-state index in [1.807, 2.05) is 43.3 Å².